The van der Waals surface area contributed by atoms with Crippen LogP contribution in [0.5, 0.6) is 0 Å². The van der Waals surface area contributed by atoms with Gasteiger partial charge in [0.15, 0.2) is 5.13 Å². The first-order valence-electron chi connectivity index (χ1n) is 9.30. The van der Waals surface area contributed by atoms with Gasteiger partial charge < -0.3 is 14.5 Å². The molecular formula is C19H24ClN3O2S. The minimum atomic E-state index is 0.141. The zero-order valence-corrected chi connectivity index (χ0v) is 16.6. The van der Waals surface area contributed by atoms with E-state index >= 15 is 0 Å². The van der Waals surface area contributed by atoms with Crippen LogP contribution in [0.15, 0.2) is 12.1 Å². The van der Waals surface area contributed by atoms with Crippen LogP contribution < -0.4 is 4.90 Å². The lowest BCUT2D eigenvalue weighted by atomic mass is 9.98. The highest BCUT2D eigenvalue weighted by atomic mass is 35.5. The van der Waals surface area contributed by atoms with Gasteiger partial charge in [0.05, 0.1) is 10.2 Å². The molecule has 2 aliphatic heterocycles. The average Bonchev–Trinajstić information content (AvgIpc) is 2.92. The summed E-state index contributed by atoms with van der Waals surface area (Å²) in [5.41, 5.74) is 2.15. The first-order chi connectivity index (χ1) is 12.6. The maximum Gasteiger partial charge on any atom is 0.225 e. The Morgan fingerprint density at radius 2 is 2.04 bits per heavy atom. The summed E-state index contributed by atoms with van der Waals surface area (Å²) in [5, 5.41) is 1.79. The number of rotatable bonds is 2. The lowest BCUT2D eigenvalue weighted by molar-refractivity contribution is -0.138. The third kappa shape index (κ3) is 3.68. The van der Waals surface area contributed by atoms with Crippen molar-refractivity contribution in [2.45, 2.75) is 26.2 Å². The van der Waals surface area contributed by atoms with Crippen LogP contribution in [0.3, 0.4) is 0 Å². The first kappa shape index (κ1) is 18.0. The third-order valence-corrected chi connectivity index (χ3v) is 6.57. The highest BCUT2D eigenvalue weighted by Crippen LogP contribution is 2.33. The number of aryl methyl sites for hydroxylation is 1. The molecule has 4 rings (SSSR count). The van der Waals surface area contributed by atoms with Crippen LogP contribution in [0.25, 0.3) is 10.2 Å². The van der Waals surface area contributed by atoms with E-state index in [0.29, 0.717) is 19.1 Å². The fourth-order valence-electron chi connectivity index (χ4n) is 3.81. The topological polar surface area (TPSA) is 45.7 Å². The quantitative estimate of drug-likeness (QED) is 0.780. The molecule has 26 heavy (non-hydrogen) atoms. The van der Waals surface area contributed by atoms with Crippen molar-refractivity contribution in [2.24, 2.45) is 5.92 Å². The fraction of sp³-hybridized carbons (Fsp3) is 0.579. The van der Waals surface area contributed by atoms with Gasteiger partial charge in [-0.2, -0.15) is 0 Å². The van der Waals surface area contributed by atoms with E-state index in [1.54, 1.807) is 11.3 Å². The summed E-state index contributed by atoms with van der Waals surface area (Å²) >= 11 is 7.87. The second-order valence-corrected chi connectivity index (χ2v) is 8.56. The number of carbonyl (C=O) groups is 1. The van der Waals surface area contributed by atoms with Gasteiger partial charge in [-0.3, -0.25) is 4.79 Å². The van der Waals surface area contributed by atoms with Crippen LogP contribution in [0.2, 0.25) is 5.02 Å². The van der Waals surface area contributed by atoms with E-state index < -0.39 is 0 Å². The van der Waals surface area contributed by atoms with Crippen molar-refractivity contribution in [3.05, 3.63) is 22.7 Å². The molecular weight excluding hydrogens is 370 g/mol. The molecule has 0 spiro atoms. The number of halogens is 1. The van der Waals surface area contributed by atoms with E-state index in [4.69, 9.17) is 21.3 Å². The van der Waals surface area contributed by atoms with Crippen LogP contribution in [0, 0.1) is 12.8 Å². The summed E-state index contributed by atoms with van der Waals surface area (Å²) in [5.74, 6) is 0.449. The molecule has 0 aliphatic carbocycles. The molecule has 0 atom stereocenters. The summed E-state index contributed by atoms with van der Waals surface area (Å²) in [6, 6.07) is 3.95. The summed E-state index contributed by atoms with van der Waals surface area (Å²) in [6.45, 7) is 6.85. The molecule has 0 radical (unpaired) electrons. The van der Waals surface area contributed by atoms with Crippen LogP contribution in [-0.2, 0) is 9.53 Å². The van der Waals surface area contributed by atoms with Gasteiger partial charge in [0.25, 0.3) is 0 Å². The molecule has 0 saturated carbocycles. The van der Waals surface area contributed by atoms with E-state index in [2.05, 4.69) is 11.8 Å². The summed E-state index contributed by atoms with van der Waals surface area (Å²) in [6.07, 6.45) is 2.69. The van der Waals surface area contributed by atoms with Gasteiger partial charge in [-0.15, -0.1) is 0 Å². The maximum absolute atomic E-state index is 12.8. The smallest absolute Gasteiger partial charge is 0.225 e. The van der Waals surface area contributed by atoms with E-state index in [1.807, 2.05) is 17.0 Å². The van der Waals surface area contributed by atoms with Crippen molar-refractivity contribution in [1.82, 2.24) is 9.88 Å². The SMILES string of the molecule is Cc1cc(Cl)cc2sc(N3CCCN(C(=O)C4CCOCC4)CC3)nc12. The number of nitrogens with zero attached hydrogens (tertiary/aromatic N) is 3. The second-order valence-electron chi connectivity index (χ2n) is 7.12. The predicted octanol–water partition coefficient (Wildman–Crippen LogP) is 3.72. The molecule has 0 unspecified atom stereocenters. The monoisotopic (exact) mass is 393 g/mol. The molecule has 1 aromatic carbocycles. The molecule has 3 heterocycles. The number of carbonyl (C=O) groups excluding carboxylic acids is 1. The number of benzene rings is 1. The summed E-state index contributed by atoms with van der Waals surface area (Å²) < 4.78 is 6.52. The Labute approximate surface area is 162 Å². The van der Waals surface area contributed by atoms with Gasteiger partial charge in [0.2, 0.25) is 5.91 Å². The van der Waals surface area contributed by atoms with Crippen molar-refractivity contribution in [3.63, 3.8) is 0 Å². The number of amides is 1. The van der Waals surface area contributed by atoms with E-state index in [9.17, 15) is 4.79 Å². The number of ether oxygens (including phenoxy) is 1. The largest absolute Gasteiger partial charge is 0.381 e. The Hall–Kier alpha value is -1.37. The lowest BCUT2D eigenvalue weighted by Gasteiger charge is -2.28. The normalized spacial score (nSPS) is 19.8. The van der Waals surface area contributed by atoms with Gasteiger partial charge in [0.1, 0.15) is 0 Å². The molecule has 2 saturated heterocycles. The molecule has 7 heteroatoms. The number of anilines is 1. The zero-order valence-electron chi connectivity index (χ0n) is 15.0. The molecule has 2 aromatic rings. The van der Waals surface area contributed by atoms with Gasteiger partial charge in [0, 0.05) is 50.3 Å². The van der Waals surface area contributed by atoms with Crippen molar-refractivity contribution in [2.75, 3.05) is 44.3 Å². The Morgan fingerprint density at radius 1 is 1.23 bits per heavy atom. The highest BCUT2D eigenvalue weighted by Gasteiger charge is 2.28. The van der Waals surface area contributed by atoms with E-state index in [1.165, 1.54) is 0 Å². The Morgan fingerprint density at radius 3 is 2.85 bits per heavy atom. The van der Waals surface area contributed by atoms with E-state index in [0.717, 1.165) is 71.4 Å². The summed E-state index contributed by atoms with van der Waals surface area (Å²) in [4.78, 5) is 22.0. The van der Waals surface area contributed by atoms with Crippen LogP contribution in [-0.4, -0.2) is 55.2 Å². The van der Waals surface area contributed by atoms with Crippen LogP contribution >= 0.6 is 22.9 Å². The number of hydrogen-bond donors (Lipinski definition) is 0. The zero-order chi connectivity index (χ0) is 18.1. The number of thiazole rings is 1. The summed E-state index contributed by atoms with van der Waals surface area (Å²) in [7, 11) is 0. The number of hydrogen-bond acceptors (Lipinski definition) is 5. The maximum atomic E-state index is 12.8. The first-order valence-corrected chi connectivity index (χ1v) is 10.5. The standard InChI is InChI=1S/C19H24ClN3O2S/c1-13-11-15(20)12-16-17(13)21-19(26-16)23-6-2-5-22(7-8-23)18(24)14-3-9-25-10-4-14/h11-12,14H,2-10H2,1H3. The minimum absolute atomic E-state index is 0.141. The van der Waals surface area contributed by atoms with Crippen molar-refractivity contribution in [1.29, 1.82) is 0 Å². The van der Waals surface area contributed by atoms with Gasteiger partial charge in [-0.25, -0.2) is 4.98 Å². The molecule has 140 valence electrons. The lowest BCUT2D eigenvalue weighted by Crippen LogP contribution is -2.40. The predicted molar refractivity (Wildman–Crippen MR) is 106 cm³/mol. The molecule has 0 N–H and O–H groups in total. The number of aromatic nitrogens is 1. The van der Waals surface area contributed by atoms with Crippen LogP contribution in [0.4, 0.5) is 5.13 Å². The minimum Gasteiger partial charge on any atom is -0.381 e. The third-order valence-electron chi connectivity index (χ3n) is 5.29. The second kappa shape index (κ2) is 7.71. The molecule has 1 amide bonds. The Bertz CT molecular complexity index is 803. The number of fused-ring (bicyclic) bond motifs is 1. The Kier molecular flexibility index (Phi) is 5.34. The van der Waals surface area contributed by atoms with Crippen molar-refractivity contribution >= 4 is 44.2 Å². The van der Waals surface area contributed by atoms with Gasteiger partial charge in [-0.1, -0.05) is 22.9 Å². The van der Waals surface area contributed by atoms with Crippen molar-refractivity contribution in [3.8, 4) is 0 Å². The van der Waals surface area contributed by atoms with Crippen LogP contribution in [0.1, 0.15) is 24.8 Å². The fourth-order valence-corrected chi connectivity index (χ4v) is 5.28. The van der Waals surface area contributed by atoms with E-state index in [-0.39, 0.29) is 5.92 Å². The Balaban J connectivity index is 1.46. The molecule has 5 nitrogen and oxygen atoms in total. The highest BCUT2D eigenvalue weighted by molar-refractivity contribution is 7.22. The van der Waals surface area contributed by atoms with Gasteiger partial charge >= 0.3 is 0 Å². The van der Waals surface area contributed by atoms with Crippen molar-refractivity contribution < 1.29 is 9.53 Å². The molecule has 2 fully saturated rings. The molecule has 0 bridgehead atoms. The molecule has 1 aromatic heterocycles. The average molecular weight is 394 g/mol. The molecule has 2 aliphatic rings. The van der Waals surface area contributed by atoms with Gasteiger partial charge in [-0.05, 0) is 43.9 Å².